The molecule has 1 aliphatic rings. The fraction of sp³-hybridized carbons (Fsp3) is 0.364. The molecule has 2 N–H and O–H groups in total. The predicted octanol–water partition coefficient (Wildman–Crippen LogP) is 1.67. The quantitative estimate of drug-likeness (QED) is 0.773. The SMILES string of the molecule is CCOc1cccc2c1C(N)CC2=O. The molecule has 0 fully saturated rings. The van der Waals surface area contributed by atoms with Crippen LogP contribution in [0.2, 0.25) is 0 Å². The third kappa shape index (κ3) is 1.30. The number of hydrogen-bond acceptors (Lipinski definition) is 3. The van der Waals surface area contributed by atoms with E-state index in [1.807, 2.05) is 25.1 Å². The van der Waals surface area contributed by atoms with Crippen LogP contribution in [0, 0.1) is 0 Å². The van der Waals surface area contributed by atoms with Crippen LogP contribution >= 0.6 is 0 Å². The summed E-state index contributed by atoms with van der Waals surface area (Å²) >= 11 is 0. The van der Waals surface area contributed by atoms with Crippen molar-refractivity contribution in [3.8, 4) is 5.75 Å². The Morgan fingerprint density at radius 3 is 3.07 bits per heavy atom. The van der Waals surface area contributed by atoms with Gasteiger partial charge in [-0.1, -0.05) is 12.1 Å². The Hall–Kier alpha value is -1.35. The predicted molar refractivity (Wildman–Crippen MR) is 53.5 cm³/mol. The Morgan fingerprint density at radius 2 is 2.36 bits per heavy atom. The van der Waals surface area contributed by atoms with Crippen molar-refractivity contribution in [2.24, 2.45) is 5.73 Å². The smallest absolute Gasteiger partial charge is 0.165 e. The van der Waals surface area contributed by atoms with E-state index < -0.39 is 0 Å². The molecule has 0 aromatic heterocycles. The lowest BCUT2D eigenvalue weighted by atomic mass is 10.1. The van der Waals surface area contributed by atoms with Gasteiger partial charge in [-0.05, 0) is 13.0 Å². The molecular weight excluding hydrogens is 178 g/mol. The van der Waals surface area contributed by atoms with Crippen LogP contribution in [-0.2, 0) is 0 Å². The van der Waals surface area contributed by atoms with Crippen LogP contribution in [0.15, 0.2) is 18.2 Å². The van der Waals surface area contributed by atoms with Crippen molar-refractivity contribution < 1.29 is 9.53 Å². The molecule has 1 aliphatic carbocycles. The van der Waals surface area contributed by atoms with E-state index in [0.717, 1.165) is 16.9 Å². The number of nitrogens with two attached hydrogens (primary N) is 1. The maximum atomic E-state index is 11.5. The molecule has 3 nitrogen and oxygen atoms in total. The first-order chi connectivity index (χ1) is 6.74. The minimum absolute atomic E-state index is 0.119. The zero-order valence-corrected chi connectivity index (χ0v) is 8.12. The minimum atomic E-state index is -0.194. The monoisotopic (exact) mass is 191 g/mol. The molecule has 14 heavy (non-hydrogen) atoms. The van der Waals surface area contributed by atoms with E-state index in [1.165, 1.54) is 0 Å². The molecule has 2 rings (SSSR count). The Bertz CT molecular complexity index is 374. The Balaban J connectivity index is 2.50. The molecule has 0 amide bonds. The number of fused-ring (bicyclic) bond motifs is 1. The van der Waals surface area contributed by atoms with Crippen LogP contribution in [0.25, 0.3) is 0 Å². The van der Waals surface area contributed by atoms with Crippen molar-refractivity contribution in [3.63, 3.8) is 0 Å². The minimum Gasteiger partial charge on any atom is -0.494 e. The van der Waals surface area contributed by atoms with E-state index in [-0.39, 0.29) is 11.8 Å². The second-order valence-electron chi connectivity index (χ2n) is 3.38. The Labute approximate surface area is 82.9 Å². The summed E-state index contributed by atoms with van der Waals surface area (Å²) in [5.41, 5.74) is 7.47. The molecule has 1 unspecified atom stereocenters. The lowest BCUT2D eigenvalue weighted by Gasteiger charge is -2.11. The number of benzene rings is 1. The molecule has 0 saturated carbocycles. The molecular formula is C11H13NO2. The number of hydrogen-bond donors (Lipinski definition) is 1. The molecule has 74 valence electrons. The van der Waals surface area contributed by atoms with Crippen LogP contribution in [0.5, 0.6) is 5.75 Å². The second kappa shape index (κ2) is 3.42. The fourth-order valence-electron chi connectivity index (χ4n) is 1.86. The van der Waals surface area contributed by atoms with E-state index >= 15 is 0 Å². The van der Waals surface area contributed by atoms with Gasteiger partial charge in [-0.15, -0.1) is 0 Å². The van der Waals surface area contributed by atoms with Gasteiger partial charge >= 0.3 is 0 Å². The van der Waals surface area contributed by atoms with Crippen molar-refractivity contribution in [1.29, 1.82) is 0 Å². The molecule has 1 atom stereocenters. The summed E-state index contributed by atoms with van der Waals surface area (Å²) in [7, 11) is 0. The number of ether oxygens (including phenoxy) is 1. The van der Waals surface area contributed by atoms with Gasteiger partial charge in [-0.2, -0.15) is 0 Å². The number of carbonyl (C=O) groups is 1. The Morgan fingerprint density at radius 1 is 1.57 bits per heavy atom. The van der Waals surface area contributed by atoms with Crippen molar-refractivity contribution in [3.05, 3.63) is 29.3 Å². The van der Waals surface area contributed by atoms with Crippen molar-refractivity contribution >= 4 is 5.78 Å². The van der Waals surface area contributed by atoms with Gasteiger partial charge in [0.25, 0.3) is 0 Å². The first-order valence-electron chi connectivity index (χ1n) is 4.78. The lowest BCUT2D eigenvalue weighted by Crippen LogP contribution is -2.08. The topological polar surface area (TPSA) is 52.3 Å². The van der Waals surface area contributed by atoms with Gasteiger partial charge in [0, 0.05) is 23.6 Å². The molecule has 0 bridgehead atoms. The summed E-state index contributed by atoms with van der Waals surface area (Å²) in [6, 6.07) is 5.31. The maximum Gasteiger partial charge on any atom is 0.165 e. The second-order valence-corrected chi connectivity index (χ2v) is 3.38. The molecule has 0 spiro atoms. The first-order valence-corrected chi connectivity index (χ1v) is 4.78. The zero-order valence-electron chi connectivity index (χ0n) is 8.12. The van der Waals surface area contributed by atoms with Crippen molar-refractivity contribution in [2.75, 3.05) is 6.61 Å². The van der Waals surface area contributed by atoms with Crippen LogP contribution in [0.3, 0.4) is 0 Å². The van der Waals surface area contributed by atoms with Crippen LogP contribution in [-0.4, -0.2) is 12.4 Å². The maximum absolute atomic E-state index is 11.5. The van der Waals surface area contributed by atoms with Gasteiger partial charge in [-0.25, -0.2) is 0 Å². The van der Waals surface area contributed by atoms with E-state index in [4.69, 9.17) is 10.5 Å². The molecule has 0 radical (unpaired) electrons. The van der Waals surface area contributed by atoms with E-state index in [2.05, 4.69) is 0 Å². The normalized spacial score (nSPS) is 19.6. The summed E-state index contributed by atoms with van der Waals surface area (Å²) < 4.78 is 5.44. The summed E-state index contributed by atoms with van der Waals surface area (Å²) in [5, 5.41) is 0. The average molecular weight is 191 g/mol. The third-order valence-corrected chi connectivity index (χ3v) is 2.44. The Kier molecular flexibility index (Phi) is 2.25. The summed E-state index contributed by atoms with van der Waals surface area (Å²) in [6.45, 7) is 2.51. The van der Waals surface area contributed by atoms with Gasteiger partial charge in [0.2, 0.25) is 0 Å². The average Bonchev–Trinajstić information content (AvgIpc) is 2.44. The largest absolute Gasteiger partial charge is 0.494 e. The van der Waals surface area contributed by atoms with Gasteiger partial charge in [-0.3, -0.25) is 4.79 Å². The highest BCUT2D eigenvalue weighted by Gasteiger charge is 2.29. The number of ketones is 1. The van der Waals surface area contributed by atoms with Crippen LogP contribution in [0.4, 0.5) is 0 Å². The first kappa shape index (κ1) is 9.21. The summed E-state index contributed by atoms with van der Waals surface area (Å²) in [5.74, 6) is 0.873. The van der Waals surface area contributed by atoms with Gasteiger partial charge in [0.05, 0.1) is 6.61 Å². The molecule has 0 saturated heterocycles. The molecule has 0 aliphatic heterocycles. The standard InChI is InChI=1S/C11H13NO2/c1-2-14-10-5-3-4-7-9(13)6-8(12)11(7)10/h3-5,8H,2,6,12H2,1H3. The highest BCUT2D eigenvalue weighted by atomic mass is 16.5. The van der Waals surface area contributed by atoms with E-state index in [9.17, 15) is 4.79 Å². The molecule has 3 heteroatoms. The van der Waals surface area contributed by atoms with Crippen LogP contribution in [0.1, 0.15) is 35.3 Å². The van der Waals surface area contributed by atoms with Gasteiger partial charge in [0.1, 0.15) is 5.75 Å². The number of Topliss-reactive ketones (excluding diaryl/α,β-unsaturated/α-hetero) is 1. The van der Waals surface area contributed by atoms with Crippen molar-refractivity contribution in [2.45, 2.75) is 19.4 Å². The van der Waals surface area contributed by atoms with Gasteiger partial charge < -0.3 is 10.5 Å². The van der Waals surface area contributed by atoms with Crippen LogP contribution < -0.4 is 10.5 Å². The molecule has 0 heterocycles. The highest BCUT2D eigenvalue weighted by Crippen LogP contribution is 2.36. The lowest BCUT2D eigenvalue weighted by molar-refractivity contribution is 0.0989. The highest BCUT2D eigenvalue weighted by molar-refractivity contribution is 6.01. The summed E-state index contributed by atoms with van der Waals surface area (Å²) in [4.78, 5) is 11.5. The third-order valence-electron chi connectivity index (χ3n) is 2.44. The van der Waals surface area contributed by atoms with Gasteiger partial charge in [0.15, 0.2) is 5.78 Å². The zero-order chi connectivity index (χ0) is 10.1. The number of rotatable bonds is 2. The number of carbonyl (C=O) groups excluding carboxylic acids is 1. The van der Waals surface area contributed by atoms with E-state index in [1.54, 1.807) is 0 Å². The van der Waals surface area contributed by atoms with Crippen molar-refractivity contribution in [1.82, 2.24) is 0 Å². The molecule has 1 aromatic carbocycles. The van der Waals surface area contributed by atoms with E-state index in [0.29, 0.717) is 13.0 Å². The molecule has 1 aromatic rings. The summed E-state index contributed by atoms with van der Waals surface area (Å²) in [6.07, 6.45) is 0.402. The fourth-order valence-corrected chi connectivity index (χ4v) is 1.86.